The lowest BCUT2D eigenvalue weighted by molar-refractivity contribution is -0.111. The van der Waals surface area contributed by atoms with Crippen LogP contribution < -0.4 is 5.73 Å². The number of anilines is 1. The van der Waals surface area contributed by atoms with Crippen molar-refractivity contribution in [1.82, 2.24) is 19.9 Å². The zero-order valence-electron chi connectivity index (χ0n) is 11.7. The molecular weight excluding hydrogens is 333 g/mol. The van der Waals surface area contributed by atoms with Gasteiger partial charge in [-0.1, -0.05) is 0 Å². The molecule has 12 nitrogen and oxygen atoms in total. The van der Waals surface area contributed by atoms with Gasteiger partial charge in [0.1, 0.15) is 30.3 Å². The predicted molar refractivity (Wildman–Crippen MR) is 76.8 cm³/mol. The molecule has 0 unspecified atom stereocenters. The van der Waals surface area contributed by atoms with Crippen molar-refractivity contribution in [2.24, 2.45) is 0 Å². The molecular formula is C10H16N5O7P. The van der Waals surface area contributed by atoms with Gasteiger partial charge in [0.15, 0.2) is 11.5 Å². The number of carbonyl (C=O) groups is 1. The largest absolute Gasteiger partial charge is 0.469 e. The average Bonchev–Trinajstić information content (AvgIpc) is 2.95. The molecule has 7 N–H and O–H groups in total. The summed E-state index contributed by atoms with van der Waals surface area (Å²) >= 11 is 0. The first kappa shape index (κ1) is 19.1. The SMILES string of the molecule is Nc1ncnc2nc[nH]c12.O=CC[C@H](OP(=O)(O)O)[C@H](O)CO. The zero-order valence-corrected chi connectivity index (χ0v) is 12.6. The minimum Gasteiger partial charge on any atom is -0.394 e. The van der Waals surface area contributed by atoms with Crippen molar-refractivity contribution in [2.45, 2.75) is 18.6 Å². The van der Waals surface area contributed by atoms with Gasteiger partial charge < -0.3 is 35.5 Å². The number of nitrogens with zero attached hydrogens (tertiary/aromatic N) is 3. The highest BCUT2D eigenvalue weighted by molar-refractivity contribution is 7.46. The third kappa shape index (κ3) is 6.36. The van der Waals surface area contributed by atoms with E-state index in [0.29, 0.717) is 23.3 Å². The van der Waals surface area contributed by atoms with Gasteiger partial charge in [-0.05, 0) is 0 Å². The van der Waals surface area contributed by atoms with E-state index in [0.717, 1.165) is 0 Å². The number of nitrogen functional groups attached to an aromatic ring is 1. The van der Waals surface area contributed by atoms with Crippen LogP contribution in [0.3, 0.4) is 0 Å². The lowest BCUT2D eigenvalue weighted by Gasteiger charge is -2.19. The minimum atomic E-state index is -4.75. The number of rotatable bonds is 6. The summed E-state index contributed by atoms with van der Waals surface area (Å²) in [6, 6.07) is 0. The number of hydrogen-bond donors (Lipinski definition) is 6. The molecule has 23 heavy (non-hydrogen) atoms. The summed E-state index contributed by atoms with van der Waals surface area (Å²) in [5, 5.41) is 17.4. The number of aldehydes is 1. The number of imidazole rings is 1. The highest BCUT2D eigenvalue weighted by Gasteiger charge is 2.27. The first-order chi connectivity index (χ1) is 10.8. The molecule has 0 aromatic carbocycles. The average molecular weight is 349 g/mol. The molecule has 2 heterocycles. The molecule has 0 radical (unpaired) electrons. The van der Waals surface area contributed by atoms with Crippen molar-refractivity contribution in [3.05, 3.63) is 12.7 Å². The van der Waals surface area contributed by atoms with Crippen molar-refractivity contribution < 1.29 is 33.9 Å². The van der Waals surface area contributed by atoms with Gasteiger partial charge in [0.25, 0.3) is 0 Å². The maximum Gasteiger partial charge on any atom is 0.469 e. The number of aliphatic hydroxyl groups is 2. The standard InChI is InChI=1S/C5H5N5.C5H11O7P/c6-4-3-5(9-1-7-3)10-2-8-4;6-2-1-5(4(8)3-7)12-13(9,10)11/h1-2H,(H3,6,7,8,9,10);2,4-5,7-8H,1,3H2,(H2,9,10,11)/t;4-,5+/m.1/s1. The van der Waals surface area contributed by atoms with E-state index in [2.05, 4.69) is 24.5 Å². The fourth-order valence-electron chi connectivity index (χ4n) is 1.44. The maximum atomic E-state index is 10.3. The van der Waals surface area contributed by atoms with Crippen LogP contribution in [-0.4, -0.2) is 65.0 Å². The Bertz CT molecular complexity index is 674. The van der Waals surface area contributed by atoms with E-state index in [4.69, 9.17) is 25.7 Å². The van der Waals surface area contributed by atoms with E-state index in [1.165, 1.54) is 12.7 Å². The Morgan fingerprint density at radius 3 is 2.61 bits per heavy atom. The van der Waals surface area contributed by atoms with Gasteiger partial charge in [-0.15, -0.1) is 0 Å². The summed E-state index contributed by atoms with van der Waals surface area (Å²) < 4.78 is 14.4. The van der Waals surface area contributed by atoms with Crippen LogP contribution in [0.2, 0.25) is 0 Å². The Kier molecular flexibility index (Phi) is 7.16. The van der Waals surface area contributed by atoms with Crippen LogP contribution in [0, 0.1) is 0 Å². The van der Waals surface area contributed by atoms with Gasteiger partial charge in [-0.2, -0.15) is 0 Å². The second-order valence-corrected chi connectivity index (χ2v) is 5.34. The van der Waals surface area contributed by atoms with Crippen molar-refractivity contribution in [3.63, 3.8) is 0 Å². The smallest absolute Gasteiger partial charge is 0.394 e. The third-order valence-corrected chi connectivity index (χ3v) is 3.02. The molecule has 0 saturated carbocycles. The molecule has 2 aromatic rings. The molecule has 2 rings (SSSR count). The van der Waals surface area contributed by atoms with Gasteiger partial charge in [-0.25, -0.2) is 19.5 Å². The van der Waals surface area contributed by atoms with Crippen LogP contribution >= 0.6 is 7.82 Å². The summed E-state index contributed by atoms with van der Waals surface area (Å²) in [6.07, 6.45) is -0.0126. The van der Waals surface area contributed by atoms with Crippen molar-refractivity contribution in [3.8, 4) is 0 Å². The number of phosphoric acid groups is 1. The number of aromatic nitrogens is 4. The molecule has 0 fully saturated rings. The zero-order chi connectivity index (χ0) is 17.5. The van der Waals surface area contributed by atoms with Crippen LogP contribution in [0.25, 0.3) is 11.2 Å². The number of fused-ring (bicyclic) bond motifs is 1. The van der Waals surface area contributed by atoms with Gasteiger partial charge >= 0.3 is 7.82 Å². The maximum absolute atomic E-state index is 10.3. The molecule has 0 saturated heterocycles. The monoisotopic (exact) mass is 349 g/mol. The molecule has 2 atom stereocenters. The van der Waals surface area contributed by atoms with Crippen LogP contribution in [-0.2, 0) is 13.9 Å². The molecule has 0 bridgehead atoms. The van der Waals surface area contributed by atoms with Crippen molar-refractivity contribution in [2.75, 3.05) is 12.3 Å². The van der Waals surface area contributed by atoms with Crippen LogP contribution in [0.1, 0.15) is 6.42 Å². The molecule has 0 aliphatic heterocycles. The number of aliphatic hydroxyl groups excluding tert-OH is 2. The number of nitrogens with one attached hydrogen (secondary N) is 1. The highest BCUT2D eigenvalue weighted by atomic mass is 31.2. The number of phosphoric ester groups is 1. The fraction of sp³-hybridized carbons (Fsp3) is 0.400. The second kappa shape index (κ2) is 8.62. The lowest BCUT2D eigenvalue weighted by atomic mass is 10.2. The van der Waals surface area contributed by atoms with E-state index in [-0.39, 0.29) is 0 Å². The second-order valence-electron chi connectivity index (χ2n) is 4.15. The fourth-order valence-corrected chi connectivity index (χ4v) is 2.02. The molecule has 0 spiro atoms. The number of aromatic amines is 1. The minimum absolute atomic E-state index is 0.333. The molecule has 2 aromatic heterocycles. The molecule has 0 aliphatic carbocycles. The van der Waals surface area contributed by atoms with E-state index in [1.54, 1.807) is 0 Å². The van der Waals surface area contributed by atoms with Crippen molar-refractivity contribution in [1.29, 1.82) is 0 Å². The number of carbonyl (C=O) groups excluding carboxylic acids is 1. The summed E-state index contributed by atoms with van der Waals surface area (Å²) in [4.78, 5) is 41.0. The first-order valence-corrected chi connectivity index (χ1v) is 7.67. The van der Waals surface area contributed by atoms with Crippen LogP contribution in [0.15, 0.2) is 12.7 Å². The van der Waals surface area contributed by atoms with Crippen LogP contribution in [0.5, 0.6) is 0 Å². The quantitative estimate of drug-likeness (QED) is 0.257. The normalized spacial score (nSPS) is 13.9. The Labute approximate surface area is 129 Å². The van der Waals surface area contributed by atoms with Gasteiger partial charge in [0, 0.05) is 6.42 Å². The van der Waals surface area contributed by atoms with Crippen LogP contribution in [0.4, 0.5) is 5.82 Å². The molecule has 128 valence electrons. The van der Waals surface area contributed by atoms with E-state index in [9.17, 15) is 9.36 Å². The summed E-state index contributed by atoms with van der Waals surface area (Å²) in [7, 11) is -4.75. The van der Waals surface area contributed by atoms with E-state index < -0.39 is 33.1 Å². The Hall–Kier alpha value is -1.95. The third-order valence-electron chi connectivity index (χ3n) is 2.47. The molecule has 0 amide bonds. The van der Waals surface area contributed by atoms with E-state index in [1.807, 2.05) is 0 Å². The van der Waals surface area contributed by atoms with E-state index >= 15 is 0 Å². The lowest BCUT2D eigenvalue weighted by Crippen LogP contribution is -2.31. The van der Waals surface area contributed by atoms with Gasteiger partial charge in [-0.3, -0.25) is 4.52 Å². The molecule has 13 heteroatoms. The van der Waals surface area contributed by atoms with Gasteiger partial charge in [0.2, 0.25) is 0 Å². The summed E-state index contributed by atoms with van der Waals surface area (Å²) in [6.45, 7) is -0.738. The molecule has 0 aliphatic rings. The highest BCUT2D eigenvalue weighted by Crippen LogP contribution is 2.38. The number of nitrogens with two attached hydrogens (primary N) is 1. The van der Waals surface area contributed by atoms with Crippen molar-refractivity contribution >= 4 is 31.1 Å². The Morgan fingerprint density at radius 2 is 2.09 bits per heavy atom. The Morgan fingerprint density at radius 1 is 1.39 bits per heavy atom. The number of hydrogen-bond acceptors (Lipinski definition) is 9. The number of H-pyrrole nitrogens is 1. The summed E-state index contributed by atoms with van der Waals surface area (Å²) in [5.74, 6) is 0.433. The predicted octanol–water partition coefficient (Wildman–Crippen LogP) is -1.66. The first-order valence-electron chi connectivity index (χ1n) is 6.14. The Balaban J connectivity index is 0.000000235. The summed E-state index contributed by atoms with van der Waals surface area (Å²) in [5.41, 5.74) is 6.78. The topological polar surface area (TPSA) is 205 Å². The van der Waals surface area contributed by atoms with Gasteiger partial charge in [0.05, 0.1) is 12.9 Å².